The van der Waals surface area contributed by atoms with Gasteiger partial charge in [0, 0.05) is 13.6 Å². The van der Waals surface area contributed by atoms with E-state index in [1.54, 1.807) is 11.9 Å². The summed E-state index contributed by atoms with van der Waals surface area (Å²) in [4.78, 5) is 26.6. The smallest absolute Gasteiger partial charge is 0.320 e. The highest BCUT2D eigenvalue weighted by molar-refractivity contribution is 5.79. The zero-order valence-electron chi connectivity index (χ0n) is 11.4. The van der Waals surface area contributed by atoms with E-state index in [1.807, 2.05) is 11.8 Å². The SMILES string of the molecule is CCN(C)C(=O)CN1CCCCCCC1C(=O)O. The van der Waals surface area contributed by atoms with Crippen molar-refractivity contribution in [2.24, 2.45) is 0 Å². The molecule has 5 heteroatoms. The molecule has 1 rings (SSSR count). The van der Waals surface area contributed by atoms with Crippen LogP contribution in [0.5, 0.6) is 0 Å². The average molecular weight is 256 g/mol. The maximum atomic E-state index is 11.9. The Morgan fingerprint density at radius 2 is 1.94 bits per heavy atom. The molecule has 0 aromatic carbocycles. The highest BCUT2D eigenvalue weighted by Gasteiger charge is 2.28. The van der Waals surface area contributed by atoms with E-state index < -0.39 is 12.0 Å². The van der Waals surface area contributed by atoms with Gasteiger partial charge in [-0.25, -0.2) is 0 Å². The number of aliphatic carboxylic acids is 1. The number of carbonyl (C=O) groups is 2. The summed E-state index contributed by atoms with van der Waals surface area (Å²) >= 11 is 0. The third-order valence-corrected chi connectivity index (χ3v) is 3.64. The quantitative estimate of drug-likeness (QED) is 0.820. The number of nitrogens with zero attached hydrogens (tertiary/aromatic N) is 2. The lowest BCUT2D eigenvalue weighted by molar-refractivity contribution is -0.145. The van der Waals surface area contributed by atoms with E-state index in [4.69, 9.17) is 0 Å². The van der Waals surface area contributed by atoms with Crippen molar-refractivity contribution in [3.8, 4) is 0 Å². The molecule has 5 nitrogen and oxygen atoms in total. The largest absolute Gasteiger partial charge is 0.480 e. The molecule has 1 aliphatic rings. The van der Waals surface area contributed by atoms with Crippen molar-refractivity contribution in [2.45, 2.75) is 45.1 Å². The Labute approximate surface area is 109 Å². The molecule has 0 bridgehead atoms. The van der Waals surface area contributed by atoms with E-state index in [-0.39, 0.29) is 12.5 Å². The molecule has 0 saturated carbocycles. The molecule has 1 N–H and O–H groups in total. The first-order valence-corrected chi connectivity index (χ1v) is 6.77. The van der Waals surface area contributed by atoms with Crippen molar-refractivity contribution in [3.05, 3.63) is 0 Å². The van der Waals surface area contributed by atoms with E-state index in [2.05, 4.69) is 0 Å². The van der Waals surface area contributed by atoms with Crippen LogP contribution in [-0.4, -0.2) is 59.5 Å². The van der Waals surface area contributed by atoms with Crippen LogP contribution in [0.1, 0.15) is 39.0 Å². The van der Waals surface area contributed by atoms with Gasteiger partial charge in [-0.15, -0.1) is 0 Å². The summed E-state index contributed by atoms with van der Waals surface area (Å²) in [6, 6.07) is -0.500. The molecule has 0 aliphatic carbocycles. The highest BCUT2D eigenvalue weighted by atomic mass is 16.4. The van der Waals surface area contributed by atoms with Crippen LogP contribution >= 0.6 is 0 Å². The third kappa shape index (κ3) is 4.29. The van der Waals surface area contributed by atoms with Gasteiger partial charge in [0.05, 0.1) is 6.54 Å². The van der Waals surface area contributed by atoms with Gasteiger partial charge in [-0.3, -0.25) is 14.5 Å². The van der Waals surface area contributed by atoms with E-state index in [9.17, 15) is 14.7 Å². The van der Waals surface area contributed by atoms with E-state index in [1.165, 1.54) is 0 Å². The molecule has 1 amide bonds. The standard InChI is InChI=1S/C13H24N2O3/c1-3-14(2)12(16)10-15-9-7-5-4-6-8-11(15)13(17)18/h11H,3-10H2,1-2H3,(H,17,18). The number of carboxylic acid groups (broad SMARTS) is 1. The van der Waals surface area contributed by atoms with Crippen molar-refractivity contribution in [1.29, 1.82) is 0 Å². The number of likely N-dealkylation sites (N-methyl/N-ethyl adjacent to an activating group) is 1. The van der Waals surface area contributed by atoms with Crippen LogP contribution in [0.3, 0.4) is 0 Å². The molecule has 0 aromatic heterocycles. The lowest BCUT2D eigenvalue weighted by atomic mass is 10.0. The Morgan fingerprint density at radius 1 is 1.28 bits per heavy atom. The van der Waals surface area contributed by atoms with Gasteiger partial charge in [0.2, 0.25) is 5.91 Å². The minimum atomic E-state index is -0.802. The summed E-state index contributed by atoms with van der Waals surface area (Å²) in [6.45, 7) is 3.51. The number of likely N-dealkylation sites (tertiary alicyclic amines) is 1. The summed E-state index contributed by atoms with van der Waals surface area (Å²) in [7, 11) is 1.75. The second-order valence-corrected chi connectivity index (χ2v) is 4.94. The van der Waals surface area contributed by atoms with Crippen LogP contribution in [-0.2, 0) is 9.59 Å². The number of amides is 1. The average Bonchev–Trinajstić information content (AvgIpc) is 2.30. The number of carbonyl (C=O) groups excluding carboxylic acids is 1. The second kappa shape index (κ2) is 7.36. The van der Waals surface area contributed by atoms with Gasteiger partial charge in [0.1, 0.15) is 6.04 Å². The fourth-order valence-corrected chi connectivity index (χ4v) is 2.28. The Kier molecular flexibility index (Phi) is 6.12. The molecule has 18 heavy (non-hydrogen) atoms. The lowest BCUT2D eigenvalue weighted by Gasteiger charge is -2.31. The van der Waals surface area contributed by atoms with Crippen molar-refractivity contribution in [3.63, 3.8) is 0 Å². The van der Waals surface area contributed by atoms with Crippen molar-refractivity contribution in [2.75, 3.05) is 26.7 Å². The summed E-state index contributed by atoms with van der Waals surface area (Å²) in [5.74, 6) is -0.798. The van der Waals surface area contributed by atoms with Gasteiger partial charge in [0.15, 0.2) is 0 Å². The zero-order chi connectivity index (χ0) is 13.5. The van der Waals surface area contributed by atoms with Crippen molar-refractivity contribution in [1.82, 2.24) is 9.80 Å². The molecule has 1 saturated heterocycles. The van der Waals surface area contributed by atoms with Crippen molar-refractivity contribution >= 4 is 11.9 Å². The Morgan fingerprint density at radius 3 is 2.56 bits per heavy atom. The van der Waals surface area contributed by atoms with Gasteiger partial charge in [0.25, 0.3) is 0 Å². The summed E-state index contributed by atoms with van der Waals surface area (Å²) in [5, 5.41) is 9.27. The lowest BCUT2D eigenvalue weighted by Crippen LogP contribution is -2.47. The fraction of sp³-hybridized carbons (Fsp3) is 0.846. The van der Waals surface area contributed by atoms with Crippen LogP contribution in [0.2, 0.25) is 0 Å². The highest BCUT2D eigenvalue weighted by Crippen LogP contribution is 2.17. The number of hydrogen-bond donors (Lipinski definition) is 1. The molecule has 1 atom stereocenters. The van der Waals surface area contributed by atoms with E-state index in [0.29, 0.717) is 19.5 Å². The first kappa shape index (κ1) is 15.0. The molecular weight excluding hydrogens is 232 g/mol. The molecular formula is C13H24N2O3. The minimum absolute atomic E-state index is 0.00400. The minimum Gasteiger partial charge on any atom is -0.480 e. The molecule has 1 aliphatic heterocycles. The third-order valence-electron chi connectivity index (χ3n) is 3.64. The monoisotopic (exact) mass is 256 g/mol. The molecule has 104 valence electrons. The van der Waals surface area contributed by atoms with Gasteiger partial charge in [-0.2, -0.15) is 0 Å². The number of rotatable bonds is 4. The summed E-state index contributed by atoms with van der Waals surface area (Å²) < 4.78 is 0. The summed E-state index contributed by atoms with van der Waals surface area (Å²) in [5.41, 5.74) is 0. The summed E-state index contributed by atoms with van der Waals surface area (Å²) in [6.07, 6.45) is 4.79. The van der Waals surface area contributed by atoms with E-state index in [0.717, 1.165) is 25.7 Å². The van der Waals surface area contributed by atoms with E-state index >= 15 is 0 Å². The zero-order valence-corrected chi connectivity index (χ0v) is 11.4. The predicted octanol–water partition coefficient (Wildman–Crippen LogP) is 1.18. The van der Waals surface area contributed by atoms with Crippen molar-refractivity contribution < 1.29 is 14.7 Å². The molecule has 0 spiro atoms. The van der Waals surface area contributed by atoms with Crippen LogP contribution in [0.25, 0.3) is 0 Å². The normalized spacial score (nSPS) is 22.0. The molecule has 1 fully saturated rings. The van der Waals surface area contributed by atoms with Gasteiger partial charge in [-0.05, 0) is 26.3 Å². The maximum Gasteiger partial charge on any atom is 0.320 e. The first-order chi connectivity index (χ1) is 8.56. The maximum absolute atomic E-state index is 11.9. The second-order valence-electron chi connectivity index (χ2n) is 4.94. The Bertz CT molecular complexity index is 294. The van der Waals surface area contributed by atoms with Crippen LogP contribution in [0, 0.1) is 0 Å². The predicted molar refractivity (Wildman–Crippen MR) is 69.4 cm³/mol. The van der Waals surface area contributed by atoms with Gasteiger partial charge >= 0.3 is 5.97 Å². The number of carboxylic acids is 1. The number of hydrogen-bond acceptors (Lipinski definition) is 3. The van der Waals surface area contributed by atoms with Gasteiger partial charge < -0.3 is 10.0 Å². The molecule has 1 heterocycles. The van der Waals surface area contributed by atoms with Gasteiger partial charge in [-0.1, -0.05) is 19.3 Å². The molecule has 0 aromatic rings. The Balaban J connectivity index is 2.66. The topological polar surface area (TPSA) is 60.9 Å². The molecule has 1 unspecified atom stereocenters. The van der Waals surface area contributed by atoms with Crippen LogP contribution in [0.15, 0.2) is 0 Å². The Hall–Kier alpha value is -1.10. The van der Waals surface area contributed by atoms with Crippen LogP contribution < -0.4 is 0 Å². The fourth-order valence-electron chi connectivity index (χ4n) is 2.28. The van der Waals surface area contributed by atoms with Crippen LogP contribution in [0.4, 0.5) is 0 Å². The molecule has 0 radical (unpaired) electrons. The first-order valence-electron chi connectivity index (χ1n) is 6.77.